The highest BCUT2D eigenvalue weighted by atomic mass is 35.5. The number of fused-ring (bicyclic) bond motifs is 1. The summed E-state index contributed by atoms with van der Waals surface area (Å²) in [5.41, 5.74) is 14.7. The van der Waals surface area contributed by atoms with Crippen molar-refractivity contribution in [2.24, 2.45) is 0 Å². The van der Waals surface area contributed by atoms with Crippen LogP contribution in [-0.4, -0.2) is 10.9 Å². The first-order valence-electron chi connectivity index (χ1n) is 11.3. The first kappa shape index (κ1) is 23.1. The van der Waals surface area contributed by atoms with Crippen LogP contribution in [0.2, 0.25) is 5.02 Å². The Morgan fingerprint density at radius 1 is 0.914 bits per heavy atom. The van der Waals surface area contributed by atoms with Gasteiger partial charge in [-0.3, -0.25) is 4.79 Å². The maximum absolute atomic E-state index is 13.3. The predicted molar refractivity (Wildman–Crippen MR) is 149 cm³/mol. The number of amides is 1. The molecular weight excluding hydrogens is 474 g/mol. The van der Waals surface area contributed by atoms with Crippen LogP contribution in [0.4, 0.5) is 11.4 Å². The van der Waals surface area contributed by atoms with Crippen molar-refractivity contribution in [2.75, 3.05) is 11.1 Å². The number of carbonyl (C=O) groups is 1. The van der Waals surface area contributed by atoms with Crippen molar-refractivity contribution >= 4 is 50.4 Å². The molecule has 0 saturated heterocycles. The summed E-state index contributed by atoms with van der Waals surface area (Å²) < 4.78 is 0. The first-order chi connectivity index (χ1) is 16.8. The summed E-state index contributed by atoms with van der Waals surface area (Å²) in [7, 11) is 0. The van der Waals surface area contributed by atoms with Crippen molar-refractivity contribution in [3.63, 3.8) is 0 Å². The number of hydrogen-bond acceptors (Lipinski definition) is 4. The number of hydrogen-bond donors (Lipinski definition) is 2. The number of thiophene rings is 1. The minimum atomic E-state index is -0.275. The molecule has 2 aromatic heterocycles. The van der Waals surface area contributed by atoms with Crippen molar-refractivity contribution < 1.29 is 4.79 Å². The maximum Gasteiger partial charge on any atom is 0.267 e. The standard InChI is InChI=1S/C29H24ClN3OS/c1-16-7-11-19(12-8-16)21-15-24(20-13-9-17(2)10-14-20)33-29-25(21)26(31)27(35-29)28(34)32-23-6-4-5-22(30)18(23)3/h4-15H,31H2,1-3H3,(H,32,34). The third-order valence-corrected chi connectivity index (χ3v) is 7.64. The lowest BCUT2D eigenvalue weighted by Crippen LogP contribution is -2.12. The van der Waals surface area contributed by atoms with Crippen molar-refractivity contribution in [1.29, 1.82) is 0 Å². The first-order valence-corrected chi connectivity index (χ1v) is 12.4. The Kier molecular flexibility index (Phi) is 6.05. The lowest BCUT2D eigenvalue weighted by atomic mass is 9.98. The molecule has 0 radical (unpaired) electrons. The lowest BCUT2D eigenvalue weighted by molar-refractivity contribution is 0.103. The molecule has 4 nitrogen and oxygen atoms in total. The van der Waals surface area contributed by atoms with Gasteiger partial charge in [-0.05, 0) is 55.7 Å². The van der Waals surface area contributed by atoms with Crippen molar-refractivity contribution in [3.05, 3.63) is 99.4 Å². The lowest BCUT2D eigenvalue weighted by Gasteiger charge is -2.10. The van der Waals surface area contributed by atoms with E-state index in [1.165, 1.54) is 22.5 Å². The second-order valence-corrected chi connectivity index (χ2v) is 10.1. The Morgan fingerprint density at radius 3 is 2.20 bits per heavy atom. The van der Waals surface area contributed by atoms with E-state index in [9.17, 15) is 4.79 Å². The monoisotopic (exact) mass is 497 g/mol. The second kappa shape index (κ2) is 9.17. The van der Waals surface area contributed by atoms with Gasteiger partial charge in [-0.15, -0.1) is 11.3 Å². The van der Waals surface area contributed by atoms with Crippen LogP contribution in [0, 0.1) is 20.8 Å². The number of anilines is 2. The average Bonchev–Trinajstić information content (AvgIpc) is 3.19. The fourth-order valence-corrected chi connectivity index (χ4v) is 5.23. The summed E-state index contributed by atoms with van der Waals surface area (Å²) in [6.45, 7) is 5.99. The summed E-state index contributed by atoms with van der Waals surface area (Å²) in [5.74, 6) is -0.275. The van der Waals surface area contributed by atoms with Crippen LogP contribution in [0.15, 0.2) is 72.8 Å². The number of nitrogen functional groups attached to an aromatic ring is 1. The molecule has 2 heterocycles. The van der Waals surface area contributed by atoms with E-state index in [4.69, 9.17) is 22.3 Å². The Labute approximate surface area is 213 Å². The number of halogens is 1. The molecule has 0 aliphatic heterocycles. The number of rotatable bonds is 4. The third-order valence-electron chi connectivity index (χ3n) is 6.13. The SMILES string of the molecule is Cc1ccc(-c2cc(-c3ccc(C)cc3)c3c(N)c(C(=O)Nc4cccc(Cl)c4C)sc3n2)cc1. The van der Waals surface area contributed by atoms with E-state index < -0.39 is 0 Å². The van der Waals surface area contributed by atoms with Gasteiger partial charge in [-0.2, -0.15) is 0 Å². The molecule has 3 aromatic carbocycles. The third kappa shape index (κ3) is 4.41. The minimum absolute atomic E-state index is 0.275. The summed E-state index contributed by atoms with van der Waals surface area (Å²) in [5, 5.41) is 4.36. The number of aromatic nitrogens is 1. The predicted octanol–water partition coefficient (Wildman–Crippen LogP) is 8.04. The maximum atomic E-state index is 13.3. The number of carbonyl (C=O) groups excluding carboxylic acids is 1. The van der Waals surface area contributed by atoms with Crippen LogP contribution in [0.25, 0.3) is 32.6 Å². The summed E-state index contributed by atoms with van der Waals surface area (Å²) >= 11 is 7.54. The highest BCUT2D eigenvalue weighted by Crippen LogP contribution is 2.41. The topological polar surface area (TPSA) is 68.0 Å². The molecule has 1 amide bonds. The highest BCUT2D eigenvalue weighted by molar-refractivity contribution is 7.21. The quantitative estimate of drug-likeness (QED) is 0.264. The molecule has 0 saturated carbocycles. The summed E-state index contributed by atoms with van der Waals surface area (Å²) in [6.07, 6.45) is 0. The molecule has 0 aliphatic carbocycles. The van der Waals surface area contributed by atoms with Crippen molar-refractivity contribution in [1.82, 2.24) is 4.98 Å². The van der Waals surface area contributed by atoms with E-state index in [-0.39, 0.29) is 5.91 Å². The zero-order valence-electron chi connectivity index (χ0n) is 19.6. The molecular formula is C29H24ClN3OS. The number of nitrogens with two attached hydrogens (primary N) is 1. The number of nitrogens with one attached hydrogen (secondary N) is 1. The number of nitrogens with zero attached hydrogens (tertiary/aromatic N) is 1. The van der Waals surface area contributed by atoms with Gasteiger partial charge in [0, 0.05) is 21.7 Å². The molecule has 0 atom stereocenters. The zero-order valence-corrected chi connectivity index (χ0v) is 21.2. The van der Waals surface area contributed by atoms with Crippen LogP contribution >= 0.6 is 22.9 Å². The van der Waals surface area contributed by atoms with Crippen LogP contribution in [0.3, 0.4) is 0 Å². The van der Waals surface area contributed by atoms with Gasteiger partial charge in [-0.25, -0.2) is 4.98 Å². The molecule has 5 aromatic rings. The molecule has 35 heavy (non-hydrogen) atoms. The summed E-state index contributed by atoms with van der Waals surface area (Å²) in [4.78, 5) is 19.4. The smallest absolute Gasteiger partial charge is 0.267 e. The van der Waals surface area contributed by atoms with Crippen molar-refractivity contribution in [3.8, 4) is 22.4 Å². The molecule has 3 N–H and O–H groups in total. The normalized spacial score (nSPS) is 11.1. The molecule has 0 unspecified atom stereocenters. The molecule has 0 aliphatic rings. The van der Waals surface area contributed by atoms with Gasteiger partial charge >= 0.3 is 0 Å². The fraction of sp³-hybridized carbons (Fsp3) is 0.103. The molecule has 0 bridgehead atoms. The van der Waals surface area contributed by atoms with Crippen LogP contribution in [0.1, 0.15) is 26.4 Å². The van der Waals surface area contributed by atoms with Crippen LogP contribution in [-0.2, 0) is 0 Å². The Balaban J connectivity index is 1.67. The van der Waals surface area contributed by atoms with Crippen LogP contribution < -0.4 is 11.1 Å². The minimum Gasteiger partial charge on any atom is -0.397 e. The van der Waals surface area contributed by atoms with E-state index in [0.29, 0.717) is 21.3 Å². The number of benzene rings is 3. The molecule has 5 rings (SSSR count). The van der Waals surface area contributed by atoms with Gasteiger partial charge in [0.2, 0.25) is 0 Å². The fourth-order valence-electron chi connectivity index (χ4n) is 4.04. The van der Waals surface area contributed by atoms with Gasteiger partial charge in [0.25, 0.3) is 5.91 Å². The molecule has 0 spiro atoms. The number of pyridine rings is 1. The van der Waals surface area contributed by atoms with Gasteiger partial charge in [0.05, 0.1) is 11.4 Å². The Bertz CT molecular complexity index is 1570. The average molecular weight is 498 g/mol. The molecule has 0 fully saturated rings. The van der Waals surface area contributed by atoms with Gasteiger partial charge in [0.15, 0.2) is 0 Å². The van der Waals surface area contributed by atoms with Crippen molar-refractivity contribution in [2.45, 2.75) is 20.8 Å². The van der Waals surface area contributed by atoms with Gasteiger partial charge < -0.3 is 11.1 Å². The van der Waals surface area contributed by atoms with E-state index in [1.807, 2.05) is 19.1 Å². The Morgan fingerprint density at radius 2 is 1.54 bits per heavy atom. The largest absolute Gasteiger partial charge is 0.397 e. The van der Waals surface area contributed by atoms with Gasteiger partial charge in [0.1, 0.15) is 9.71 Å². The van der Waals surface area contributed by atoms with E-state index in [2.05, 4.69) is 73.8 Å². The Hall–Kier alpha value is -3.67. The van der Waals surface area contributed by atoms with Crippen LogP contribution in [0.5, 0.6) is 0 Å². The molecule has 6 heteroatoms. The summed E-state index contributed by atoms with van der Waals surface area (Å²) in [6, 6.07) is 24.1. The molecule has 174 valence electrons. The van der Waals surface area contributed by atoms with E-state index in [0.717, 1.165) is 38.2 Å². The number of aryl methyl sites for hydroxylation is 2. The van der Waals surface area contributed by atoms with E-state index in [1.54, 1.807) is 6.07 Å². The second-order valence-electron chi connectivity index (χ2n) is 8.68. The zero-order chi connectivity index (χ0) is 24.7. The van der Waals surface area contributed by atoms with E-state index >= 15 is 0 Å². The highest BCUT2D eigenvalue weighted by Gasteiger charge is 2.22. The van der Waals surface area contributed by atoms with Gasteiger partial charge in [-0.1, -0.05) is 77.3 Å².